The number of rotatable bonds is 5. The molecule has 0 aromatic carbocycles. The molecule has 2 unspecified atom stereocenters. The summed E-state index contributed by atoms with van der Waals surface area (Å²) in [5, 5.41) is 3.21. The summed E-state index contributed by atoms with van der Waals surface area (Å²) in [6.07, 6.45) is 4.25. The zero-order valence-electron chi connectivity index (χ0n) is 10.0. The summed E-state index contributed by atoms with van der Waals surface area (Å²) in [4.78, 5) is 4.28. The van der Waals surface area contributed by atoms with E-state index in [0.717, 1.165) is 37.6 Å². The SMILES string of the molecule is CCNCc1ncc(C2CCOC2CC)o1. The van der Waals surface area contributed by atoms with Crippen molar-refractivity contribution in [1.29, 1.82) is 0 Å². The van der Waals surface area contributed by atoms with Crippen molar-refractivity contribution in [2.24, 2.45) is 0 Å². The van der Waals surface area contributed by atoms with Gasteiger partial charge >= 0.3 is 0 Å². The van der Waals surface area contributed by atoms with E-state index in [1.165, 1.54) is 0 Å². The predicted molar refractivity (Wildman–Crippen MR) is 61.3 cm³/mol. The van der Waals surface area contributed by atoms with Crippen LogP contribution < -0.4 is 5.32 Å². The molecule has 1 N–H and O–H groups in total. The minimum Gasteiger partial charge on any atom is -0.444 e. The van der Waals surface area contributed by atoms with Crippen LogP contribution in [0, 0.1) is 0 Å². The number of aromatic nitrogens is 1. The fraction of sp³-hybridized carbons (Fsp3) is 0.750. The lowest BCUT2D eigenvalue weighted by Gasteiger charge is -2.13. The van der Waals surface area contributed by atoms with Crippen molar-refractivity contribution in [2.45, 2.75) is 45.3 Å². The van der Waals surface area contributed by atoms with Crippen molar-refractivity contribution in [2.75, 3.05) is 13.2 Å². The standard InChI is InChI=1S/C12H20N2O2/c1-3-10-9(5-6-15-10)11-7-14-12(16-11)8-13-4-2/h7,9-10,13H,3-6,8H2,1-2H3. The van der Waals surface area contributed by atoms with Crippen molar-refractivity contribution in [1.82, 2.24) is 10.3 Å². The monoisotopic (exact) mass is 224 g/mol. The maximum absolute atomic E-state index is 5.75. The molecule has 2 atom stereocenters. The molecule has 1 fully saturated rings. The Kier molecular flexibility index (Phi) is 3.96. The van der Waals surface area contributed by atoms with Crippen molar-refractivity contribution in [3.63, 3.8) is 0 Å². The highest BCUT2D eigenvalue weighted by molar-refractivity contribution is 5.06. The van der Waals surface area contributed by atoms with E-state index in [1.54, 1.807) is 0 Å². The molecular formula is C12H20N2O2. The molecule has 0 aliphatic carbocycles. The van der Waals surface area contributed by atoms with Crippen LogP contribution in [-0.2, 0) is 11.3 Å². The number of nitrogens with one attached hydrogen (secondary N) is 1. The zero-order chi connectivity index (χ0) is 11.4. The van der Waals surface area contributed by atoms with Gasteiger partial charge in [0.2, 0.25) is 5.89 Å². The minimum absolute atomic E-state index is 0.305. The number of hydrogen-bond acceptors (Lipinski definition) is 4. The second-order valence-corrected chi connectivity index (χ2v) is 4.15. The van der Waals surface area contributed by atoms with Gasteiger partial charge in [-0.25, -0.2) is 4.98 Å². The summed E-state index contributed by atoms with van der Waals surface area (Å²) < 4.78 is 11.4. The van der Waals surface area contributed by atoms with Gasteiger partial charge in [0, 0.05) is 12.5 Å². The second kappa shape index (κ2) is 5.46. The Hall–Kier alpha value is -0.870. The van der Waals surface area contributed by atoms with Crippen LogP contribution in [-0.4, -0.2) is 24.2 Å². The molecular weight excluding hydrogens is 204 g/mol. The third kappa shape index (κ3) is 2.44. The number of oxazole rings is 1. The van der Waals surface area contributed by atoms with Crippen LogP contribution in [0.1, 0.15) is 44.3 Å². The van der Waals surface area contributed by atoms with Crippen LogP contribution in [0.3, 0.4) is 0 Å². The molecule has 2 heterocycles. The first kappa shape index (κ1) is 11.6. The maximum Gasteiger partial charge on any atom is 0.208 e. The molecule has 0 saturated carbocycles. The lowest BCUT2D eigenvalue weighted by Crippen LogP contribution is -2.13. The summed E-state index contributed by atoms with van der Waals surface area (Å²) >= 11 is 0. The lowest BCUT2D eigenvalue weighted by atomic mass is 9.97. The molecule has 1 aromatic heterocycles. The molecule has 0 amide bonds. The van der Waals surface area contributed by atoms with E-state index in [9.17, 15) is 0 Å². The Morgan fingerprint density at radius 1 is 1.50 bits per heavy atom. The van der Waals surface area contributed by atoms with Crippen LogP contribution in [0.2, 0.25) is 0 Å². The smallest absolute Gasteiger partial charge is 0.208 e. The summed E-state index contributed by atoms with van der Waals surface area (Å²) in [5.74, 6) is 2.16. The summed E-state index contributed by atoms with van der Waals surface area (Å²) in [7, 11) is 0. The molecule has 2 rings (SSSR count). The molecule has 1 saturated heterocycles. The van der Waals surface area contributed by atoms with E-state index >= 15 is 0 Å². The van der Waals surface area contributed by atoms with Crippen molar-refractivity contribution < 1.29 is 9.15 Å². The maximum atomic E-state index is 5.75. The van der Waals surface area contributed by atoms with Gasteiger partial charge in [-0.3, -0.25) is 0 Å². The van der Waals surface area contributed by atoms with Gasteiger partial charge in [0.05, 0.1) is 18.8 Å². The van der Waals surface area contributed by atoms with E-state index < -0.39 is 0 Å². The molecule has 0 radical (unpaired) electrons. The van der Waals surface area contributed by atoms with Crippen LogP contribution in [0.15, 0.2) is 10.6 Å². The normalized spacial score (nSPS) is 25.1. The van der Waals surface area contributed by atoms with Gasteiger partial charge in [-0.05, 0) is 19.4 Å². The molecule has 0 spiro atoms. The first-order valence-electron chi connectivity index (χ1n) is 6.12. The third-order valence-electron chi connectivity index (χ3n) is 3.08. The highest BCUT2D eigenvalue weighted by Crippen LogP contribution is 2.33. The fourth-order valence-corrected chi connectivity index (χ4v) is 2.19. The van der Waals surface area contributed by atoms with Gasteiger partial charge in [-0.2, -0.15) is 0 Å². The number of nitrogens with zero attached hydrogens (tertiary/aromatic N) is 1. The van der Waals surface area contributed by atoms with E-state index in [2.05, 4.69) is 24.1 Å². The van der Waals surface area contributed by atoms with E-state index in [0.29, 0.717) is 18.6 Å². The highest BCUT2D eigenvalue weighted by Gasteiger charge is 2.30. The summed E-state index contributed by atoms with van der Waals surface area (Å²) in [6, 6.07) is 0. The first-order chi connectivity index (χ1) is 7.85. The second-order valence-electron chi connectivity index (χ2n) is 4.15. The van der Waals surface area contributed by atoms with Crippen LogP contribution in [0.25, 0.3) is 0 Å². The average Bonchev–Trinajstić information content (AvgIpc) is 2.94. The van der Waals surface area contributed by atoms with Crippen LogP contribution in [0.4, 0.5) is 0 Å². The molecule has 4 heteroatoms. The van der Waals surface area contributed by atoms with Crippen molar-refractivity contribution in [3.05, 3.63) is 17.8 Å². The largest absolute Gasteiger partial charge is 0.444 e. The topological polar surface area (TPSA) is 47.3 Å². The summed E-state index contributed by atoms with van der Waals surface area (Å²) in [5.41, 5.74) is 0. The van der Waals surface area contributed by atoms with E-state index in [4.69, 9.17) is 9.15 Å². The highest BCUT2D eigenvalue weighted by atomic mass is 16.5. The van der Waals surface area contributed by atoms with Gasteiger partial charge in [0.25, 0.3) is 0 Å². The van der Waals surface area contributed by atoms with Gasteiger partial charge < -0.3 is 14.5 Å². The Morgan fingerprint density at radius 2 is 2.38 bits per heavy atom. The molecule has 4 nitrogen and oxygen atoms in total. The Morgan fingerprint density at radius 3 is 3.12 bits per heavy atom. The van der Waals surface area contributed by atoms with Gasteiger partial charge in [-0.15, -0.1) is 0 Å². The molecule has 1 aliphatic rings. The Bertz CT molecular complexity index is 325. The zero-order valence-corrected chi connectivity index (χ0v) is 10.0. The lowest BCUT2D eigenvalue weighted by molar-refractivity contribution is 0.0971. The van der Waals surface area contributed by atoms with Crippen LogP contribution >= 0.6 is 0 Å². The van der Waals surface area contributed by atoms with Crippen molar-refractivity contribution in [3.8, 4) is 0 Å². The van der Waals surface area contributed by atoms with Crippen molar-refractivity contribution >= 4 is 0 Å². The average molecular weight is 224 g/mol. The van der Waals surface area contributed by atoms with E-state index in [-0.39, 0.29) is 0 Å². The molecule has 16 heavy (non-hydrogen) atoms. The Balaban J connectivity index is 2.00. The van der Waals surface area contributed by atoms with Gasteiger partial charge in [0.1, 0.15) is 5.76 Å². The molecule has 0 bridgehead atoms. The minimum atomic E-state index is 0.305. The summed E-state index contributed by atoms with van der Waals surface area (Å²) in [6.45, 7) is 6.70. The van der Waals surface area contributed by atoms with E-state index in [1.807, 2.05) is 6.20 Å². The number of ether oxygens (including phenoxy) is 1. The fourth-order valence-electron chi connectivity index (χ4n) is 2.19. The predicted octanol–water partition coefficient (Wildman–Crippen LogP) is 2.07. The molecule has 90 valence electrons. The molecule has 1 aliphatic heterocycles. The van der Waals surface area contributed by atoms with Gasteiger partial charge in [-0.1, -0.05) is 13.8 Å². The first-order valence-corrected chi connectivity index (χ1v) is 6.12. The quantitative estimate of drug-likeness (QED) is 0.831. The number of hydrogen-bond donors (Lipinski definition) is 1. The third-order valence-corrected chi connectivity index (χ3v) is 3.08. The van der Waals surface area contributed by atoms with Crippen LogP contribution in [0.5, 0.6) is 0 Å². The Labute approximate surface area is 96.4 Å². The molecule has 1 aromatic rings. The van der Waals surface area contributed by atoms with Gasteiger partial charge in [0.15, 0.2) is 0 Å².